The first-order valence-electron chi connectivity index (χ1n) is 18.5. The van der Waals surface area contributed by atoms with Crippen LogP contribution in [-0.4, -0.2) is 88.2 Å². The Morgan fingerprint density at radius 1 is 0.821 bits per heavy atom. The number of hydrogen-bond donors (Lipinski definition) is 1. The summed E-state index contributed by atoms with van der Waals surface area (Å²) in [6.45, 7) is 2.62. The monoisotopic (exact) mass is 755 g/mol. The highest BCUT2D eigenvalue weighted by molar-refractivity contribution is 6.05. The average molecular weight is 756 g/mol. The van der Waals surface area contributed by atoms with Crippen LogP contribution in [0.2, 0.25) is 0 Å². The number of amides is 2. The standard InChI is InChI=1S/C44H45N5O7/c1-28-17-40(53-4)42(21-38(28)46-23-34-18-31(25-48(34)27-50)30-9-13-36(52-3)14-10-30)55-15-6-16-56-43-22-39-37(20-41(43)54-5)44(51)49-26-32(19-35(49)24-47-39)29-7-11-33(45-2)12-8-29/h7-14,17,20-27,34-35,45H,6,15-16,18-19H2,1-5H3/b46-23-. The number of aliphatic imine (C=N–C) groups is 2. The van der Waals surface area contributed by atoms with E-state index in [0.717, 1.165) is 45.7 Å². The number of carbonyl (C=O) groups is 2. The Kier molecular flexibility index (Phi) is 11.4. The number of nitrogens with zero attached hydrogens (tertiary/aromatic N) is 4. The quantitative estimate of drug-likeness (QED) is 0.0740. The number of methoxy groups -OCH3 is 3. The van der Waals surface area contributed by atoms with Gasteiger partial charge in [-0.25, -0.2) is 0 Å². The maximum atomic E-state index is 13.8. The van der Waals surface area contributed by atoms with Crippen molar-refractivity contribution in [2.75, 3.05) is 46.9 Å². The maximum absolute atomic E-state index is 13.8. The van der Waals surface area contributed by atoms with Crippen LogP contribution in [0.3, 0.4) is 0 Å². The lowest BCUT2D eigenvalue weighted by Crippen LogP contribution is -2.32. The molecule has 0 saturated carbocycles. The summed E-state index contributed by atoms with van der Waals surface area (Å²) < 4.78 is 28.9. The molecule has 4 aromatic carbocycles. The smallest absolute Gasteiger partial charge is 0.260 e. The predicted molar refractivity (Wildman–Crippen MR) is 218 cm³/mol. The molecule has 3 aliphatic rings. The fourth-order valence-corrected chi connectivity index (χ4v) is 6.97. The van der Waals surface area contributed by atoms with Crippen molar-refractivity contribution in [1.29, 1.82) is 0 Å². The molecule has 0 aromatic heterocycles. The molecule has 0 spiro atoms. The van der Waals surface area contributed by atoms with Crippen molar-refractivity contribution in [3.05, 3.63) is 107 Å². The third-order valence-corrected chi connectivity index (χ3v) is 10.1. The fourth-order valence-electron chi connectivity index (χ4n) is 6.97. The van der Waals surface area contributed by atoms with E-state index < -0.39 is 0 Å². The summed E-state index contributed by atoms with van der Waals surface area (Å²) in [7, 11) is 6.67. The van der Waals surface area contributed by atoms with Gasteiger partial charge in [-0.3, -0.25) is 19.6 Å². The molecule has 3 heterocycles. The van der Waals surface area contributed by atoms with E-state index in [9.17, 15) is 9.59 Å². The van der Waals surface area contributed by atoms with Gasteiger partial charge in [0.15, 0.2) is 23.0 Å². The van der Waals surface area contributed by atoms with E-state index in [2.05, 4.69) is 17.4 Å². The number of carbonyl (C=O) groups excluding carboxylic acids is 2. The van der Waals surface area contributed by atoms with E-state index in [1.54, 1.807) is 49.5 Å². The van der Waals surface area contributed by atoms with Crippen molar-refractivity contribution < 1.29 is 33.3 Å². The van der Waals surface area contributed by atoms with Crippen LogP contribution in [-0.2, 0) is 4.79 Å². The number of rotatable bonds is 15. The predicted octanol–water partition coefficient (Wildman–Crippen LogP) is 7.86. The second-order valence-corrected chi connectivity index (χ2v) is 13.6. The first kappa shape index (κ1) is 37.7. The highest BCUT2D eigenvalue weighted by atomic mass is 16.5. The number of hydrogen-bond acceptors (Lipinski definition) is 10. The van der Waals surface area contributed by atoms with Crippen molar-refractivity contribution in [3.63, 3.8) is 0 Å². The van der Waals surface area contributed by atoms with Gasteiger partial charge in [-0.1, -0.05) is 24.3 Å². The van der Waals surface area contributed by atoms with Crippen LogP contribution >= 0.6 is 0 Å². The van der Waals surface area contributed by atoms with Gasteiger partial charge in [-0.15, -0.1) is 0 Å². The number of aryl methyl sites for hydroxylation is 1. The molecule has 7 rings (SSSR count). The molecule has 12 nitrogen and oxygen atoms in total. The van der Waals surface area contributed by atoms with Crippen LogP contribution in [0.4, 0.5) is 17.1 Å². The van der Waals surface area contributed by atoms with Gasteiger partial charge in [-0.2, -0.15) is 0 Å². The summed E-state index contributed by atoms with van der Waals surface area (Å²) in [6, 6.07) is 22.7. The third-order valence-electron chi connectivity index (χ3n) is 10.1. The minimum absolute atomic E-state index is 0.141. The van der Waals surface area contributed by atoms with E-state index in [4.69, 9.17) is 33.7 Å². The van der Waals surface area contributed by atoms with Crippen molar-refractivity contribution in [3.8, 4) is 28.7 Å². The van der Waals surface area contributed by atoms with Gasteiger partial charge in [0, 0.05) is 69.0 Å². The molecule has 2 unspecified atom stereocenters. The zero-order chi connectivity index (χ0) is 39.2. The van der Waals surface area contributed by atoms with Crippen molar-refractivity contribution in [2.24, 2.45) is 9.98 Å². The Balaban J connectivity index is 0.968. The highest BCUT2D eigenvalue weighted by Gasteiger charge is 2.33. The summed E-state index contributed by atoms with van der Waals surface area (Å²) in [5.74, 6) is 2.71. The minimum Gasteiger partial charge on any atom is -0.497 e. The Bertz CT molecular complexity index is 2210. The zero-order valence-corrected chi connectivity index (χ0v) is 32.2. The first-order valence-corrected chi connectivity index (χ1v) is 18.5. The molecule has 1 N–H and O–H groups in total. The lowest BCUT2D eigenvalue weighted by atomic mass is 10.0. The van der Waals surface area contributed by atoms with Crippen molar-refractivity contribution >= 4 is 53.0 Å². The minimum atomic E-state index is -0.227. The van der Waals surface area contributed by atoms with E-state index >= 15 is 0 Å². The second-order valence-electron chi connectivity index (χ2n) is 13.6. The SMILES string of the molecule is CNc1ccc(C2=CN3C(=O)c4cc(OC)c(OCCCOc5cc(/N=C\C6CC(c7ccc(OC)cc7)=CN6C=O)c(C)cc5OC)cc4N=CC3C2)cc1. The number of fused-ring (bicyclic) bond motifs is 2. The van der Waals surface area contributed by atoms with Crippen LogP contribution < -0.4 is 29.0 Å². The lowest BCUT2D eigenvalue weighted by Gasteiger charge is -2.19. The average Bonchev–Trinajstić information content (AvgIpc) is 3.84. The molecule has 2 atom stereocenters. The Labute approximate surface area is 326 Å². The molecule has 4 aromatic rings. The van der Waals surface area contributed by atoms with Gasteiger partial charge in [0.25, 0.3) is 5.91 Å². The normalized spacial score (nSPS) is 17.2. The van der Waals surface area contributed by atoms with Crippen LogP contribution in [0.25, 0.3) is 11.1 Å². The van der Waals surface area contributed by atoms with Crippen molar-refractivity contribution in [2.45, 2.75) is 38.3 Å². The molecule has 12 heteroatoms. The maximum Gasteiger partial charge on any atom is 0.260 e. The molecule has 288 valence electrons. The van der Waals surface area contributed by atoms with E-state index in [1.165, 1.54) is 0 Å². The summed E-state index contributed by atoms with van der Waals surface area (Å²) in [4.78, 5) is 38.6. The zero-order valence-electron chi connectivity index (χ0n) is 32.2. The second kappa shape index (κ2) is 16.8. The molecule has 3 aliphatic heterocycles. The molecule has 0 fully saturated rings. The molecule has 0 radical (unpaired) electrons. The van der Waals surface area contributed by atoms with Gasteiger partial charge in [0.05, 0.1) is 63.6 Å². The molecule has 2 amide bonds. The number of anilines is 1. The van der Waals surface area contributed by atoms with Gasteiger partial charge < -0.3 is 38.8 Å². The summed E-state index contributed by atoms with van der Waals surface area (Å²) >= 11 is 0. The molecular weight excluding hydrogens is 711 g/mol. The van der Waals surface area contributed by atoms with Crippen LogP contribution in [0.15, 0.2) is 95.2 Å². The van der Waals surface area contributed by atoms with E-state index in [-0.39, 0.29) is 18.0 Å². The van der Waals surface area contributed by atoms with Crippen LogP contribution in [0.1, 0.15) is 46.3 Å². The van der Waals surface area contributed by atoms with Crippen molar-refractivity contribution in [1.82, 2.24) is 9.80 Å². The largest absolute Gasteiger partial charge is 0.497 e. The fraction of sp³-hybridized carbons (Fsp3) is 0.273. The first-order chi connectivity index (χ1) is 27.3. The number of nitrogens with one attached hydrogen (secondary N) is 1. The highest BCUT2D eigenvalue weighted by Crippen LogP contribution is 2.40. The molecule has 0 bridgehead atoms. The molecule has 0 aliphatic carbocycles. The number of benzene rings is 4. The van der Waals surface area contributed by atoms with E-state index in [1.807, 2.05) is 81.1 Å². The van der Waals surface area contributed by atoms with Crippen LogP contribution in [0, 0.1) is 6.92 Å². The van der Waals surface area contributed by atoms with E-state index in [0.29, 0.717) is 72.4 Å². The lowest BCUT2D eigenvalue weighted by molar-refractivity contribution is -0.116. The Morgan fingerprint density at radius 3 is 2.14 bits per heavy atom. The Hall–Kier alpha value is -6.56. The molecule has 56 heavy (non-hydrogen) atoms. The van der Waals surface area contributed by atoms with Crippen LogP contribution in [0.5, 0.6) is 28.7 Å². The molecule has 0 saturated heterocycles. The molecular formula is C44H45N5O7. The van der Waals surface area contributed by atoms with Gasteiger partial charge in [0.2, 0.25) is 6.41 Å². The van der Waals surface area contributed by atoms with Gasteiger partial charge >= 0.3 is 0 Å². The third kappa shape index (κ3) is 7.95. The topological polar surface area (TPSA) is 124 Å². The summed E-state index contributed by atoms with van der Waals surface area (Å²) in [5, 5.41) is 3.14. The number of ether oxygens (including phenoxy) is 5. The summed E-state index contributed by atoms with van der Waals surface area (Å²) in [6.07, 6.45) is 10.1. The van der Waals surface area contributed by atoms with Gasteiger partial charge in [0.1, 0.15) is 5.75 Å². The van der Waals surface area contributed by atoms with Gasteiger partial charge in [-0.05, 0) is 71.2 Å². The summed E-state index contributed by atoms with van der Waals surface area (Å²) in [5.41, 5.74) is 7.84. The Morgan fingerprint density at radius 2 is 1.48 bits per heavy atom.